The fourth-order valence-electron chi connectivity index (χ4n) is 3.64. The van der Waals surface area contributed by atoms with Crippen LogP contribution in [0.15, 0.2) is 59.8 Å². The number of carbonyl (C=O) groups is 1. The standard InChI is InChI=1S/C19H14N4O2/c24-18(11-5-6-14-15(7-11)22-19(25)21-14)8-16-12-3-1-2-4-13(12)17-9-20-10-23(16)17/h1-7,9-10,16H,8H2,(H2,21,22,25). The van der Waals surface area contributed by atoms with Crippen LogP contribution < -0.4 is 5.69 Å². The van der Waals surface area contributed by atoms with E-state index < -0.39 is 0 Å². The van der Waals surface area contributed by atoms with E-state index in [1.54, 1.807) is 24.5 Å². The van der Waals surface area contributed by atoms with Gasteiger partial charge in [-0.05, 0) is 23.8 Å². The summed E-state index contributed by atoms with van der Waals surface area (Å²) in [6.45, 7) is 0. The number of aromatic amines is 2. The number of ketones is 1. The normalized spacial score (nSPS) is 15.3. The number of H-pyrrole nitrogens is 2. The van der Waals surface area contributed by atoms with Crippen molar-refractivity contribution in [3.8, 4) is 11.3 Å². The lowest BCUT2D eigenvalue weighted by molar-refractivity contribution is 0.0970. The van der Waals surface area contributed by atoms with Crippen molar-refractivity contribution in [3.05, 3.63) is 76.6 Å². The Morgan fingerprint density at radius 2 is 1.96 bits per heavy atom. The second kappa shape index (κ2) is 5.04. The van der Waals surface area contributed by atoms with Gasteiger partial charge in [0.2, 0.25) is 0 Å². The van der Waals surface area contributed by atoms with Crippen LogP contribution in [-0.4, -0.2) is 25.3 Å². The minimum atomic E-state index is -0.271. The van der Waals surface area contributed by atoms with Crippen LogP contribution in [0, 0.1) is 0 Å². The summed E-state index contributed by atoms with van der Waals surface area (Å²) in [5.74, 6) is 0.0327. The third kappa shape index (κ3) is 2.07. The summed E-state index contributed by atoms with van der Waals surface area (Å²) in [7, 11) is 0. The first-order valence-corrected chi connectivity index (χ1v) is 8.07. The van der Waals surface area contributed by atoms with Gasteiger partial charge in [0.1, 0.15) is 0 Å². The Bertz CT molecular complexity index is 1180. The quantitative estimate of drug-likeness (QED) is 0.567. The average molecular weight is 330 g/mol. The number of aromatic nitrogens is 4. The average Bonchev–Trinajstić information content (AvgIpc) is 3.29. The molecule has 0 fully saturated rings. The van der Waals surface area contributed by atoms with E-state index in [0.717, 1.165) is 16.8 Å². The Kier molecular flexibility index (Phi) is 2.82. The highest BCUT2D eigenvalue weighted by Gasteiger charge is 2.29. The van der Waals surface area contributed by atoms with Crippen LogP contribution in [-0.2, 0) is 0 Å². The van der Waals surface area contributed by atoms with Gasteiger partial charge in [-0.1, -0.05) is 24.3 Å². The lowest BCUT2D eigenvalue weighted by atomic mass is 9.96. The molecule has 0 spiro atoms. The highest BCUT2D eigenvalue weighted by molar-refractivity contribution is 5.99. The number of carbonyl (C=O) groups excluding carboxylic acids is 1. The lowest BCUT2D eigenvalue weighted by Gasteiger charge is -2.14. The van der Waals surface area contributed by atoms with Gasteiger partial charge in [-0.25, -0.2) is 9.78 Å². The maximum absolute atomic E-state index is 12.9. The molecule has 0 saturated heterocycles. The van der Waals surface area contributed by atoms with E-state index in [2.05, 4.69) is 31.7 Å². The zero-order valence-electron chi connectivity index (χ0n) is 13.2. The van der Waals surface area contributed by atoms with Crippen molar-refractivity contribution in [3.63, 3.8) is 0 Å². The van der Waals surface area contributed by atoms with Crippen LogP contribution in [0.4, 0.5) is 0 Å². The zero-order valence-corrected chi connectivity index (χ0v) is 13.2. The van der Waals surface area contributed by atoms with Gasteiger partial charge in [-0.2, -0.15) is 0 Å². The van der Waals surface area contributed by atoms with E-state index in [0.29, 0.717) is 23.0 Å². The first kappa shape index (κ1) is 14.0. The minimum Gasteiger partial charge on any atom is -0.322 e. The van der Waals surface area contributed by atoms with Gasteiger partial charge in [-0.15, -0.1) is 0 Å². The van der Waals surface area contributed by atoms with Gasteiger partial charge in [-0.3, -0.25) is 4.79 Å². The van der Waals surface area contributed by atoms with Crippen LogP contribution in [0.2, 0.25) is 0 Å². The molecule has 1 unspecified atom stereocenters. The number of hydrogen-bond acceptors (Lipinski definition) is 3. The molecule has 2 aromatic heterocycles. The molecule has 122 valence electrons. The molecule has 0 amide bonds. The van der Waals surface area contributed by atoms with Gasteiger partial charge in [0.05, 0.1) is 35.3 Å². The fourth-order valence-corrected chi connectivity index (χ4v) is 3.64. The molecule has 4 aromatic rings. The summed E-state index contributed by atoms with van der Waals surface area (Å²) in [5.41, 5.74) is 4.98. The SMILES string of the molecule is O=C(CC1c2ccccc2-c2cncn21)c1ccc2[nH]c(=O)[nH]c2c1. The van der Waals surface area contributed by atoms with Crippen molar-refractivity contribution in [2.75, 3.05) is 0 Å². The van der Waals surface area contributed by atoms with Crippen LogP contribution in [0.25, 0.3) is 22.3 Å². The van der Waals surface area contributed by atoms with Crippen LogP contribution in [0.1, 0.15) is 28.4 Å². The van der Waals surface area contributed by atoms with Crippen LogP contribution in [0.5, 0.6) is 0 Å². The second-order valence-corrected chi connectivity index (χ2v) is 6.26. The molecule has 2 aromatic carbocycles. The van der Waals surface area contributed by atoms with E-state index in [-0.39, 0.29) is 17.5 Å². The molecule has 0 bridgehead atoms. The van der Waals surface area contributed by atoms with Gasteiger partial charge < -0.3 is 14.5 Å². The number of Topliss-reactive ketones (excluding diaryl/α,β-unsaturated/α-hetero) is 1. The fraction of sp³-hybridized carbons (Fsp3) is 0.105. The van der Waals surface area contributed by atoms with Crippen LogP contribution in [0.3, 0.4) is 0 Å². The highest BCUT2D eigenvalue weighted by Crippen LogP contribution is 2.41. The van der Waals surface area contributed by atoms with Crippen molar-refractivity contribution in [2.45, 2.75) is 12.5 Å². The molecule has 6 nitrogen and oxygen atoms in total. The number of rotatable bonds is 3. The summed E-state index contributed by atoms with van der Waals surface area (Å²) >= 11 is 0. The molecule has 0 saturated carbocycles. The minimum absolute atomic E-state index is 0.0327. The van der Waals surface area contributed by atoms with Crippen molar-refractivity contribution < 1.29 is 4.79 Å². The number of nitrogens with one attached hydrogen (secondary N) is 2. The molecular formula is C19H14N4O2. The predicted molar refractivity (Wildman–Crippen MR) is 93.7 cm³/mol. The largest absolute Gasteiger partial charge is 0.323 e. The number of nitrogens with zero attached hydrogens (tertiary/aromatic N) is 2. The molecule has 5 rings (SSSR count). The molecule has 3 heterocycles. The Labute approximate surface area is 142 Å². The monoisotopic (exact) mass is 330 g/mol. The molecule has 0 aliphatic carbocycles. The molecule has 0 radical (unpaired) electrons. The molecule has 1 aliphatic rings. The molecular weight excluding hydrogens is 316 g/mol. The molecule has 6 heteroatoms. The Balaban J connectivity index is 1.52. The van der Waals surface area contributed by atoms with E-state index in [4.69, 9.17) is 0 Å². The van der Waals surface area contributed by atoms with Crippen molar-refractivity contribution in [2.24, 2.45) is 0 Å². The molecule has 25 heavy (non-hydrogen) atoms. The summed E-state index contributed by atoms with van der Waals surface area (Å²) < 4.78 is 2.05. The number of fused-ring (bicyclic) bond motifs is 4. The van der Waals surface area contributed by atoms with E-state index >= 15 is 0 Å². The third-order valence-corrected chi connectivity index (χ3v) is 4.81. The van der Waals surface area contributed by atoms with Gasteiger partial charge in [0.15, 0.2) is 5.78 Å². The first-order chi connectivity index (χ1) is 12.2. The maximum atomic E-state index is 12.9. The number of hydrogen-bond donors (Lipinski definition) is 2. The zero-order chi connectivity index (χ0) is 17.0. The third-order valence-electron chi connectivity index (χ3n) is 4.81. The van der Waals surface area contributed by atoms with Crippen LogP contribution >= 0.6 is 0 Å². The molecule has 2 N–H and O–H groups in total. The van der Waals surface area contributed by atoms with Gasteiger partial charge >= 0.3 is 5.69 Å². The van der Waals surface area contributed by atoms with E-state index in [1.807, 2.05) is 18.3 Å². The summed E-state index contributed by atoms with van der Waals surface area (Å²) in [5, 5.41) is 0. The van der Waals surface area contributed by atoms with Crippen molar-refractivity contribution >= 4 is 16.8 Å². The first-order valence-electron chi connectivity index (χ1n) is 8.07. The van der Waals surface area contributed by atoms with Gasteiger partial charge in [0.25, 0.3) is 0 Å². The lowest BCUT2D eigenvalue weighted by Crippen LogP contribution is -2.11. The summed E-state index contributed by atoms with van der Waals surface area (Å²) in [6, 6.07) is 13.3. The highest BCUT2D eigenvalue weighted by atomic mass is 16.1. The Morgan fingerprint density at radius 3 is 2.88 bits per heavy atom. The topological polar surface area (TPSA) is 83.5 Å². The second-order valence-electron chi connectivity index (χ2n) is 6.26. The Hall–Kier alpha value is -3.41. The van der Waals surface area contributed by atoms with E-state index in [9.17, 15) is 9.59 Å². The Morgan fingerprint density at radius 1 is 1.12 bits per heavy atom. The molecule has 1 aliphatic heterocycles. The van der Waals surface area contributed by atoms with E-state index in [1.165, 1.54) is 0 Å². The van der Waals surface area contributed by atoms with Crippen molar-refractivity contribution in [1.82, 2.24) is 19.5 Å². The molecule has 1 atom stereocenters. The number of benzene rings is 2. The van der Waals surface area contributed by atoms with Gasteiger partial charge in [0, 0.05) is 17.5 Å². The maximum Gasteiger partial charge on any atom is 0.323 e. The summed E-state index contributed by atoms with van der Waals surface area (Å²) in [4.78, 5) is 33.8. The smallest absolute Gasteiger partial charge is 0.322 e. The van der Waals surface area contributed by atoms with Crippen molar-refractivity contribution in [1.29, 1.82) is 0 Å². The number of imidazole rings is 2. The summed E-state index contributed by atoms with van der Waals surface area (Å²) in [6.07, 6.45) is 3.96. The predicted octanol–water partition coefficient (Wildman–Crippen LogP) is 2.90.